The van der Waals surface area contributed by atoms with Gasteiger partial charge in [-0.25, -0.2) is 4.39 Å². The summed E-state index contributed by atoms with van der Waals surface area (Å²) in [4.78, 5) is 23.9. The maximum absolute atomic E-state index is 13.4. The van der Waals surface area contributed by atoms with Crippen molar-refractivity contribution in [3.63, 3.8) is 0 Å². The van der Waals surface area contributed by atoms with Crippen LogP contribution in [0, 0.1) is 5.82 Å². The number of anilines is 3. The van der Waals surface area contributed by atoms with Gasteiger partial charge in [-0.1, -0.05) is 24.3 Å². The molecule has 0 aliphatic rings. The number of hydrogen-bond acceptors (Lipinski definition) is 3. The Labute approximate surface area is 149 Å². The summed E-state index contributed by atoms with van der Waals surface area (Å²) < 4.78 is 13.4. The first-order valence-corrected chi connectivity index (χ1v) is 7.86. The zero-order chi connectivity index (χ0) is 18.5. The van der Waals surface area contributed by atoms with Crippen molar-refractivity contribution in [3.05, 3.63) is 89.7 Å². The number of para-hydroxylation sites is 1. The fraction of sp³-hybridized carbons (Fsp3) is 0. The standard InChI is InChI=1S/C20H16FN3O2/c21-14-6-4-8-16(12-14)23-18-10-2-1-9-17(18)20(26)24-15-7-3-5-13(11-15)19(22)25/h1-12,23H,(H2,22,25)(H,24,26). The number of carbonyl (C=O) groups is 2. The molecule has 4 N–H and O–H groups in total. The molecule has 0 bridgehead atoms. The van der Waals surface area contributed by atoms with Crippen molar-refractivity contribution in [2.75, 3.05) is 10.6 Å². The lowest BCUT2D eigenvalue weighted by atomic mass is 10.1. The maximum atomic E-state index is 13.4. The molecule has 130 valence electrons. The third-order valence-electron chi connectivity index (χ3n) is 3.68. The molecule has 3 aromatic rings. The smallest absolute Gasteiger partial charge is 0.257 e. The second-order valence-electron chi connectivity index (χ2n) is 5.58. The number of halogens is 1. The minimum atomic E-state index is -0.575. The molecule has 0 atom stereocenters. The Hall–Kier alpha value is -3.67. The summed E-state index contributed by atoms with van der Waals surface area (Å²) in [6, 6.07) is 19.2. The largest absolute Gasteiger partial charge is 0.366 e. The fourth-order valence-corrected chi connectivity index (χ4v) is 2.46. The molecule has 0 spiro atoms. The van der Waals surface area contributed by atoms with Crippen LogP contribution in [0.4, 0.5) is 21.5 Å². The van der Waals surface area contributed by atoms with E-state index in [-0.39, 0.29) is 11.7 Å². The highest BCUT2D eigenvalue weighted by atomic mass is 19.1. The minimum Gasteiger partial charge on any atom is -0.366 e. The van der Waals surface area contributed by atoms with Crippen LogP contribution in [0.25, 0.3) is 0 Å². The number of rotatable bonds is 5. The Kier molecular flexibility index (Phi) is 4.94. The molecule has 0 fully saturated rings. The van der Waals surface area contributed by atoms with E-state index in [0.29, 0.717) is 28.2 Å². The molecular weight excluding hydrogens is 333 g/mol. The molecule has 5 nitrogen and oxygen atoms in total. The van der Waals surface area contributed by atoms with Crippen molar-refractivity contribution in [1.29, 1.82) is 0 Å². The van der Waals surface area contributed by atoms with Crippen LogP contribution in [0.1, 0.15) is 20.7 Å². The van der Waals surface area contributed by atoms with Gasteiger partial charge in [-0.05, 0) is 48.5 Å². The lowest BCUT2D eigenvalue weighted by Crippen LogP contribution is -2.15. The highest BCUT2D eigenvalue weighted by Crippen LogP contribution is 2.22. The van der Waals surface area contributed by atoms with E-state index in [1.54, 1.807) is 54.6 Å². The van der Waals surface area contributed by atoms with Crippen LogP contribution < -0.4 is 16.4 Å². The van der Waals surface area contributed by atoms with Crippen LogP contribution >= 0.6 is 0 Å². The molecule has 0 saturated carbocycles. The number of nitrogens with two attached hydrogens (primary N) is 1. The van der Waals surface area contributed by atoms with Gasteiger partial charge in [0.15, 0.2) is 0 Å². The second kappa shape index (κ2) is 7.48. The van der Waals surface area contributed by atoms with Crippen molar-refractivity contribution < 1.29 is 14.0 Å². The predicted octanol–water partition coefficient (Wildman–Crippen LogP) is 3.92. The van der Waals surface area contributed by atoms with Crippen LogP contribution in [0.15, 0.2) is 72.8 Å². The molecule has 6 heteroatoms. The molecule has 0 aliphatic heterocycles. The van der Waals surface area contributed by atoms with Gasteiger partial charge in [-0.15, -0.1) is 0 Å². The van der Waals surface area contributed by atoms with Gasteiger partial charge >= 0.3 is 0 Å². The highest BCUT2D eigenvalue weighted by molar-refractivity contribution is 6.08. The third-order valence-corrected chi connectivity index (χ3v) is 3.68. The molecule has 0 saturated heterocycles. The van der Waals surface area contributed by atoms with Gasteiger partial charge in [0.25, 0.3) is 5.91 Å². The Bertz CT molecular complexity index is 973. The number of benzene rings is 3. The van der Waals surface area contributed by atoms with Crippen molar-refractivity contribution in [1.82, 2.24) is 0 Å². The van der Waals surface area contributed by atoms with E-state index >= 15 is 0 Å². The molecular formula is C20H16FN3O2. The summed E-state index contributed by atoms with van der Waals surface area (Å²) in [5, 5.41) is 5.76. The molecule has 0 unspecified atom stereocenters. The topological polar surface area (TPSA) is 84.2 Å². The number of primary amides is 1. The van der Waals surface area contributed by atoms with E-state index in [1.807, 2.05) is 0 Å². The molecule has 2 amide bonds. The fourth-order valence-electron chi connectivity index (χ4n) is 2.46. The highest BCUT2D eigenvalue weighted by Gasteiger charge is 2.12. The Balaban J connectivity index is 1.84. The summed E-state index contributed by atoms with van der Waals surface area (Å²) >= 11 is 0. The van der Waals surface area contributed by atoms with E-state index < -0.39 is 5.91 Å². The molecule has 3 rings (SSSR count). The molecule has 0 heterocycles. The quantitative estimate of drug-likeness (QED) is 0.653. The van der Waals surface area contributed by atoms with Gasteiger partial charge in [0.1, 0.15) is 5.82 Å². The van der Waals surface area contributed by atoms with E-state index in [2.05, 4.69) is 10.6 Å². The van der Waals surface area contributed by atoms with Gasteiger partial charge < -0.3 is 16.4 Å². The van der Waals surface area contributed by atoms with Gasteiger partial charge in [-0.3, -0.25) is 9.59 Å². The molecule has 0 aromatic heterocycles. The van der Waals surface area contributed by atoms with Crippen LogP contribution in [-0.4, -0.2) is 11.8 Å². The number of carbonyl (C=O) groups excluding carboxylic acids is 2. The second-order valence-corrected chi connectivity index (χ2v) is 5.58. The average molecular weight is 349 g/mol. The van der Waals surface area contributed by atoms with Crippen LogP contribution in [0.5, 0.6) is 0 Å². The van der Waals surface area contributed by atoms with Gasteiger partial charge in [-0.2, -0.15) is 0 Å². The lowest BCUT2D eigenvalue weighted by molar-refractivity contribution is 0.0996. The number of nitrogens with one attached hydrogen (secondary N) is 2. The average Bonchev–Trinajstić information content (AvgIpc) is 2.62. The Morgan fingerprint density at radius 1 is 0.846 bits per heavy atom. The van der Waals surface area contributed by atoms with Crippen LogP contribution in [0.2, 0.25) is 0 Å². The molecule has 3 aromatic carbocycles. The first-order valence-electron chi connectivity index (χ1n) is 7.86. The number of amides is 2. The van der Waals surface area contributed by atoms with Crippen molar-refractivity contribution >= 4 is 28.9 Å². The SMILES string of the molecule is NC(=O)c1cccc(NC(=O)c2ccccc2Nc2cccc(F)c2)c1. The Morgan fingerprint density at radius 3 is 2.35 bits per heavy atom. The van der Waals surface area contributed by atoms with Crippen molar-refractivity contribution in [2.45, 2.75) is 0 Å². The molecule has 0 radical (unpaired) electrons. The summed E-state index contributed by atoms with van der Waals surface area (Å²) in [6.45, 7) is 0. The van der Waals surface area contributed by atoms with Gasteiger partial charge in [0, 0.05) is 16.9 Å². The van der Waals surface area contributed by atoms with Crippen LogP contribution in [-0.2, 0) is 0 Å². The molecule has 0 aliphatic carbocycles. The first-order chi connectivity index (χ1) is 12.5. The summed E-state index contributed by atoms with van der Waals surface area (Å²) in [5.41, 5.74) is 7.44. The first kappa shape index (κ1) is 17.2. The van der Waals surface area contributed by atoms with Crippen molar-refractivity contribution in [2.24, 2.45) is 5.73 Å². The third kappa shape index (κ3) is 4.05. The summed E-state index contributed by atoms with van der Waals surface area (Å²) in [6.07, 6.45) is 0. The molecule has 26 heavy (non-hydrogen) atoms. The van der Waals surface area contributed by atoms with Gasteiger partial charge in [0.05, 0.1) is 11.3 Å². The Morgan fingerprint density at radius 2 is 1.58 bits per heavy atom. The monoisotopic (exact) mass is 349 g/mol. The van der Waals surface area contributed by atoms with Gasteiger partial charge in [0.2, 0.25) is 5.91 Å². The zero-order valence-corrected chi connectivity index (χ0v) is 13.7. The predicted molar refractivity (Wildman–Crippen MR) is 99.0 cm³/mol. The summed E-state index contributed by atoms with van der Waals surface area (Å²) in [7, 11) is 0. The zero-order valence-electron chi connectivity index (χ0n) is 13.7. The van der Waals surface area contributed by atoms with E-state index in [4.69, 9.17) is 5.73 Å². The lowest BCUT2D eigenvalue weighted by Gasteiger charge is -2.12. The minimum absolute atomic E-state index is 0.300. The van der Waals surface area contributed by atoms with Crippen LogP contribution in [0.3, 0.4) is 0 Å². The normalized spacial score (nSPS) is 10.2. The summed E-state index contributed by atoms with van der Waals surface area (Å²) in [5.74, 6) is -1.32. The maximum Gasteiger partial charge on any atom is 0.257 e. The van der Waals surface area contributed by atoms with E-state index in [1.165, 1.54) is 18.2 Å². The van der Waals surface area contributed by atoms with E-state index in [9.17, 15) is 14.0 Å². The van der Waals surface area contributed by atoms with E-state index in [0.717, 1.165) is 0 Å². The number of hydrogen-bond donors (Lipinski definition) is 3. The van der Waals surface area contributed by atoms with Crippen molar-refractivity contribution in [3.8, 4) is 0 Å².